The maximum Gasteiger partial charge on any atom is 0.332 e. The maximum atomic E-state index is 14.1. The number of carbonyl (C=O) groups is 4. The van der Waals surface area contributed by atoms with Crippen molar-refractivity contribution in [3.8, 4) is 0 Å². The molecule has 5 aliphatic rings. The fraction of sp³-hybridized carbons (Fsp3) is 0.613. The molecule has 12 nitrogen and oxygen atoms in total. The molecule has 14 heteroatoms. The quantitative estimate of drug-likeness (QED) is 0.400. The Morgan fingerprint density at radius 3 is 2.47 bits per heavy atom. The van der Waals surface area contributed by atoms with Crippen LogP contribution in [0, 0.1) is 17.8 Å². The van der Waals surface area contributed by atoms with E-state index < -0.39 is 25.3 Å². The third kappa shape index (κ3) is 5.93. The Morgan fingerprint density at radius 1 is 1.00 bits per heavy atom. The minimum absolute atomic E-state index is 0.0352. The summed E-state index contributed by atoms with van der Waals surface area (Å²) in [6, 6.07) is 5.45. The molecular weight excluding hydrogens is 619 g/mol. The summed E-state index contributed by atoms with van der Waals surface area (Å²) < 4.78 is 17.9. The van der Waals surface area contributed by atoms with Gasteiger partial charge in [-0.2, -0.15) is 0 Å². The van der Waals surface area contributed by atoms with Crippen molar-refractivity contribution in [1.82, 2.24) is 20.0 Å². The van der Waals surface area contributed by atoms with Crippen LogP contribution in [0.1, 0.15) is 59.9 Å². The van der Waals surface area contributed by atoms with Gasteiger partial charge in [0.25, 0.3) is 5.91 Å². The molecule has 4 amide bonds. The molecule has 0 bridgehead atoms. The van der Waals surface area contributed by atoms with Gasteiger partial charge >= 0.3 is 7.60 Å². The number of hydrogen-bond donors (Lipinski definition) is 3. The van der Waals surface area contributed by atoms with E-state index in [1.807, 2.05) is 0 Å². The Kier molecular flexibility index (Phi) is 8.05. The number of nitrogens with one attached hydrogen (secondary N) is 1. The fourth-order valence-electron chi connectivity index (χ4n) is 7.56. The number of likely N-dealkylation sites (tertiary alicyclic amines) is 1. The number of nitrogens with zero attached hydrogens (tertiary/aromatic N) is 3. The van der Waals surface area contributed by atoms with E-state index in [4.69, 9.17) is 4.74 Å². The summed E-state index contributed by atoms with van der Waals surface area (Å²) >= 11 is 1.27. The van der Waals surface area contributed by atoms with Crippen molar-refractivity contribution < 1.29 is 38.3 Å². The highest BCUT2D eigenvalue weighted by atomic mass is 32.1. The third-order valence-electron chi connectivity index (χ3n) is 10.4. The van der Waals surface area contributed by atoms with Gasteiger partial charge in [-0.05, 0) is 80.0 Å². The summed E-state index contributed by atoms with van der Waals surface area (Å²) in [7, 11) is -4.32. The van der Waals surface area contributed by atoms with Crippen LogP contribution in [0.15, 0.2) is 24.3 Å². The normalized spacial score (nSPS) is 29.4. The van der Waals surface area contributed by atoms with Crippen LogP contribution in [0.25, 0.3) is 10.1 Å². The van der Waals surface area contributed by atoms with Crippen LogP contribution < -0.4 is 5.32 Å². The van der Waals surface area contributed by atoms with Crippen LogP contribution in [0.4, 0.5) is 0 Å². The van der Waals surface area contributed by atoms with Gasteiger partial charge in [0.15, 0.2) is 0 Å². The molecule has 0 spiro atoms. The minimum atomic E-state index is -4.32. The van der Waals surface area contributed by atoms with Crippen molar-refractivity contribution in [2.24, 2.45) is 17.8 Å². The van der Waals surface area contributed by atoms with Crippen LogP contribution in [0.5, 0.6) is 0 Å². The third-order valence-corrected chi connectivity index (χ3v) is 12.9. The van der Waals surface area contributed by atoms with Crippen LogP contribution in [0.2, 0.25) is 0 Å². The highest BCUT2D eigenvalue weighted by Crippen LogP contribution is 2.52. The van der Waals surface area contributed by atoms with Gasteiger partial charge in [0.05, 0.1) is 29.7 Å². The van der Waals surface area contributed by atoms with E-state index in [1.54, 1.807) is 39.0 Å². The van der Waals surface area contributed by atoms with Gasteiger partial charge in [0, 0.05) is 36.9 Å². The minimum Gasteiger partial charge on any atom is -0.378 e. The highest BCUT2D eigenvalue weighted by molar-refractivity contribution is 7.52. The number of benzene rings is 1. The first-order valence-electron chi connectivity index (χ1n) is 15.8. The average Bonchev–Trinajstić information content (AvgIpc) is 3.36. The largest absolute Gasteiger partial charge is 0.378 e. The summed E-state index contributed by atoms with van der Waals surface area (Å²) in [5.41, 5.74) is -0.472. The number of fused-ring (bicyclic) bond motifs is 3. The molecule has 1 aromatic heterocycles. The van der Waals surface area contributed by atoms with Gasteiger partial charge in [-0.1, -0.05) is 6.07 Å². The second-order valence-corrected chi connectivity index (χ2v) is 16.3. The Balaban J connectivity index is 1.04. The van der Waals surface area contributed by atoms with Crippen LogP contribution in [-0.4, -0.2) is 106 Å². The van der Waals surface area contributed by atoms with Crippen molar-refractivity contribution in [3.63, 3.8) is 0 Å². The van der Waals surface area contributed by atoms with Gasteiger partial charge in [0.1, 0.15) is 12.1 Å². The van der Waals surface area contributed by atoms with Crippen LogP contribution in [0.3, 0.4) is 0 Å². The lowest BCUT2D eigenvalue weighted by Gasteiger charge is -2.44. The summed E-state index contributed by atoms with van der Waals surface area (Å²) in [4.78, 5) is 79.1. The molecule has 1 saturated carbocycles. The molecule has 242 valence electrons. The van der Waals surface area contributed by atoms with Gasteiger partial charge < -0.3 is 34.5 Å². The molecule has 1 unspecified atom stereocenters. The van der Waals surface area contributed by atoms with Gasteiger partial charge in [-0.25, -0.2) is 0 Å². The van der Waals surface area contributed by atoms with E-state index in [-0.39, 0.29) is 35.6 Å². The smallest absolute Gasteiger partial charge is 0.332 e. The monoisotopic (exact) mass is 658 g/mol. The first-order valence-corrected chi connectivity index (χ1v) is 18.3. The number of thiophene rings is 1. The van der Waals surface area contributed by atoms with E-state index in [0.717, 1.165) is 24.0 Å². The van der Waals surface area contributed by atoms with Crippen molar-refractivity contribution in [2.75, 3.05) is 39.4 Å². The van der Waals surface area contributed by atoms with Crippen LogP contribution >= 0.6 is 18.9 Å². The molecule has 0 radical (unpaired) electrons. The van der Waals surface area contributed by atoms with Crippen LogP contribution in [-0.2, 0) is 23.7 Å². The van der Waals surface area contributed by atoms with Gasteiger partial charge in [0.2, 0.25) is 17.7 Å². The van der Waals surface area contributed by atoms with E-state index >= 15 is 0 Å². The lowest BCUT2D eigenvalue weighted by Crippen LogP contribution is -2.62. The molecule has 5 fully saturated rings. The summed E-state index contributed by atoms with van der Waals surface area (Å²) in [5, 5.41) is 3.70. The topological polar surface area (TPSA) is 157 Å². The van der Waals surface area contributed by atoms with Crippen molar-refractivity contribution >= 4 is 52.6 Å². The van der Waals surface area contributed by atoms with E-state index in [1.165, 1.54) is 18.3 Å². The Hall–Kier alpha value is -2.83. The molecule has 1 aliphatic carbocycles. The lowest BCUT2D eigenvalue weighted by molar-refractivity contribution is -0.156. The van der Waals surface area contributed by atoms with E-state index in [9.17, 15) is 33.5 Å². The van der Waals surface area contributed by atoms with Gasteiger partial charge in [-0.3, -0.25) is 23.7 Å². The summed E-state index contributed by atoms with van der Waals surface area (Å²) in [6.07, 6.45) is 3.77. The number of ether oxygens (including phenoxy) is 1. The highest BCUT2D eigenvalue weighted by Gasteiger charge is 2.53. The van der Waals surface area contributed by atoms with E-state index in [2.05, 4.69) is 5.32 Å². The molecule has 4 saturated heterocycles. The summed E-state index contributed by atoms with van der Waals surface area (Å²) in [5.74, 6) is 0.00123. The molecule has 2 aromatic rings. The first-order chi connectivity index (χ1) is 21.5. The van der Waals surface area contributed by atoms with Crippen molar-refractivity contribution in [3.05, 3.63) is 34.7 Å². The SMILES string of the molecule is CC(c1ccc2sc(C(=O)N[C@H]3C[C@@H]4C[C@@H]4C[C@H]4CC[C@@H](C(=O)N5CC(C(=O)N6CCOCC6)C5)N4C3=O)cc2c1)P(=O)(O)O. The standard InChI is InChI=1S/C31H39N4O8PS/c1-17(44(40,41)42)18-2-5-26-21(10-18)14-27(45-26)28(36)32-24-13-20-11-19(20)12-23-3-4-25(35(23)30(24)38)31(39)34-15-22(16-34)29(37)33-6-8-43-9-7-33/h2,5,10,14,17,19-20,22-25H,3-4,6-9,11-13,15-16H2,1H3,(H,32,36)(H2,40,41,42)/t17?,19-,20+,23-,24+,25+/m1/s1. The Morgan fingerprint density at radius 2 is 1.73 bits per heavy atom. The molecular formula is C31H39N4O8PS. The number of rotatable bonds is 6. The average molecular weight is 659 g/mol. The zero-order chi connectivity index (χ0) is 31.6. The molecule has 4 aliphatic heterocycles. The second-order valence-electron chi connectivity index (χ2n) is 13.3. The summed E-state index contributed by atoms with van der Waals surface area (Å²) in [6.45, 7) is 4.41. The zero-order valence-corrected chi connectivity index (χ0v) is 26.9. The predicted molar refractivity (Wildman–Crippen MR) is 165 cm³/mol. The lowest BCUT2D eigenvalue weighted by atomic mass is 9.96. The molecule has 7 rings (SSSR count). The Bertz CT molecular complexity index is 1580. The predicted octanol–water partition coefficient (Wildman–Crippen LogP) is 2.35. The molecule has 1 aromatic carbocycles. The number of morpholine rings is 1. The van der Waals surface area contributed by atoms with E-state index in [0.29, 0.717) is 79.9 Å². The number of carbonyl (C=O) groups excluding carboxylic acids is 4. The maximum absolute atomic E-state index is 14.1. The molecule has 5 heterocycles. The molecule has 6 atom stereocenters. The number of hydrogen-bond acceptors (Lipinski definition) is 7. The Labute approximate surface area is 265 Å². The van der Waals surface area contributed by atoms with Gasteiger partial charge in [-0.15, -0.1) is 11.3 Å². The molecule has 45 heavy (non-hydrogen) atoms. The zero-order valence-electron chi connectivity index (χ0n) is 25.2. The molecule has 3 N–H and O–H groups in total. The second kappa shape index (κ2) is 11.8. The first kappa shape index (κ1) is 30.8. The number of amides is 4. The fourth-order valence-corrected chi connectivity index (χ4v) is 9.05. The van der Waals surface area contributed by atoms with Crippen molar-refractivity contribution in [2.45, 2.75) is 62.8 Å². The van der Waals surface area contributed by atoms with Crippen molar-refractivity contribution in [1.29, 1.82) is 0 Å².